The Kier molecular flexibility index (Phi) is 8.67. The quantitative estimate of drug-likeness (QED) is 0.592. The van der Waals surface area contributed by atoms with Crippen molar-refractivity contribution in [3.63, 3.8) is 0 Å². The number of benzene rings is 1. The minimum atomic E-state index is -3.90. The smallest absolute Gasteiger partial charge is 0.247 e. The topological polar surface area (TPSA) is 100 Å². The molecule has 2 aliphatic rings. The van der Waals surface area contributed by atoms with Crippen molar-refractivity contribution in [2.45, 2.75) is 63.0 Å². The van der Waals surface area contributed by atoms with Crippen molar-refractivity contribution < 1.29 is 23.1 Å². The molecular weight excluding hydrogens is 490 g/mol. The fourth-order valence-electron chi connectivity index (χ4n) is 4.93. The van der Waals surface area contributed by atoms with Crippen molar-refractivity contribution in [2.24, 2.45) is 5.92 Å². The van der Waals surface area contributed by atoms with E-state index in [0.717, 1.165) is 36.8 Å². The van der Waals surface area contributed by atoms with Gasteiger partial charge in [-0.25, -0.2) is 8.42 Å². The molecule has 0 unspecified atom stereocenters. The molecule has 1 aromatic carbocycles. The number of hydrogen-bond acceptors (Lipinski definition) is 6. The van der Waals surface area contributed by atoms with Gasteiger partial charge in [0.25, 0.3) is 0 Å². The van der Waals surface area contributed by atoms with Gasteiger partial charge in [-0.1, -0.05) is 25.1 Å². The molecule has 1 aliphatic heterocycles. The first-order valence-corrected chi connectivity index (χ1v) is 14.4. The Morgan fingerprint density at radius 3 is 2.78 bits per heavy atom. The highest BCUT2D eigenvalue weighted by Gasteiger charge is 2.38. The SMILES string of the molecule is C[C@@H]1CN([C@H](C)CO)S(=O)(=O)c2ccc(C3=CCCCC3)cc2O[C@@H]1CN(C)C(=O)Cc1cccnc1. The van der Waals surface area contributed by atoms with E-state index in [1.54, 1.807) is 43.4 Å². The molecule has 1 aliphatic carbocycles. The molecule has 0 saturated heterocycles. The Balaban J connectivity index is 1.67. The van der Waals surface area contributed by atoms with Crippen molar-refractivity contribution in [2.75, 3.05) is 26.7 Å². The molecule has 0 spiro atoms. The fraction of sp³-hybridized carbons (Fsp3) is 0.500. The third-order valence-corrected chi connectivity index (χ3v) is 9.31. The maximum atomic E-state index is 13.7. The van der Waals surface area contributed by atoms with Gasteiger partial charge in [0.2, 0.25) is 15.9 Å². The normalized spacial score (nSPS) is 22.5. The molecular formula is C28H37N3O5S. The van der Waals surface area contributed by atoms with E-state index < -0.39 is 22.2 Å². The van der Waals surface area contributed by atoms with Crippen LogP contribution in [0.1, 0.15) is 50.7 Å². The molecule has 0 radical (unpaired) electrons. The second-order valence-electron chi connectivity index (χ2n) is 10.2. The highest BCUT2D eigenvalue weighted by molar-refractivity contribution is 7.89. The molecule has 2 aromatic rings. The van der Waals surface area contributed by atoms with Gasteiger partial charge < -0.3 is 14.7 Å². The molecule has 4 rings (SSSR count). The van der Waals surface area contributed by atoms with Gasteiger partial charge in [-0.15, -0.1) is 0 Å². The monoisotopic (exact) mass is 527 g/mol. The Hall–Kier alpha value is -2.75. The number of nitrogens with zero attached hydrogens (tertiary/aromatic N) is 3. The minimum Gasteiger partial charge on any atom is -0.487 e. The molecule has 1 N–H and O–H groups in total. The first-order valence-electron chi connectivity index (χ1n) is 13.0. The lowest BCUT2D eigenvalue weighted by Crippen LogP contribution is -2.50. The summed E-state index contributed by atoms with van der Waals surface area (Å²) in [6, 6.07) is 8.37. The van der Waals surface area contributed by atoms with Crippen molar-refractivity contribution in [3.05, 3.63) is 59.9 Å². The molecule has 0 bridgehead atoms. The van der Waals surface area contributed by atoms with Gasteiger partial charge in [0.15, 0.2) is 0 Å². The summed E-state index contributed by atoms with van der Waals surface area (Å²) in [5, 5.41) is 9.85. The van der Waals surface area contributed by atoms with Gasteiger partial charge in [0.05, 0.1) is 19.6 Å². The van der Waals surface area contributed by atoms with Gasteiger partial charge in [0.1, 0.15) is 16.7 Å². The second-order valence-corrected chi connectivity index (χ2v) is 12.0. The zero-order valence-corrected chi connectivity index (χ0v) is 22.7. The van der Waals surface area contributed by atoms with E-state index in [1.807, 2.05) is 25.1 Å². The van der Waals surface area contributed by atoms with E-state index in [1.165, 1.54) is 9.88 Å². The van der Waals surface area contributed by atoms with E-state index in [0.29, 0.717) is 12.3 Å². The fourth-order valence-corrected chi connectivity index (χ4v) is 6.75. The number of sulfonamides is 1. The van der Waals surface area contributed by atoms with Crippen LogP contribution in [0.2, 0.25) is 0 Å². The number of rotatable bonds is 7. The zero-order valence-electron chi connectivity index (χ0n) is 21.8. The Morgan fingerprint density at radius 2 is 2.11 bits per heavy atom. The molecule has 1 amide bonds. The summed E-state index contributed by atoms with van der Waals surface area (Å²) < 4.78 is 35.2. The van der Waals surface area contributed by atoms with E-state index in [2.05, 4.69) is 11.1 Å². The van der Waals surface area contributed by atoms with Crippen LogP contribution in [-0.2, 0) is 21.2 Å². The van der Waals surface area contributed by atoms with Crippen molar-refractivity contribution in [1.29, 1.82) is 0 Å². The molecule has 200 valence electrons. The van der Waals surface area contributed by atoms with E-state index in [4.69, 9.17) is 4.74 Å². The van der Waals surface area contributed by atoms with Crippen molar-refractivity contribution >= 4 is 21.5 Å². The highest BCUT2D eigenvalue weighted by Crippen LogP contribution is 2.37. The first-order chi connectivity index (χ1) is 17.7. The first kappa shape index (κ1) is 27.3. The summed E-state index contributed by atoms with van der Waals surface area (Å²) in [5.41, 5.74) is 2.99. The van der Waals surface area contributed by atoms with Crippen LogP contribution < -0.4 is 4.74 Å². The number of pyridine rings is 1. The number of allylic oxidation sites excluding steroid dienone is 2. The van der Waals surface area contributed by atoms with Crippen LogP contribution in [0.25, 0.3) is 5.57 Å². The molecule has 3 atom stereocenters. The number of aromatic nitrogens is 1. The number of likely N-dealkylation sites (N-methyl/N-ethyl adjacent to an activating group) is 1. The predicted molar refractivity (Wildman–Crippen MR) is 142 cm³/mol. The number of ether oxygens (including phenoxy) is 1. The molecule has 9 heteroatoms. The summed E-state index contributed by atoms with van der Waals surface area (Å²) in [4.78, 5) is 18.8. The molecule has 37 heavy (non-hydrogen) atoms. The van der Waals surface area contributed by atoms with Gasteiger partial charge in [-0.05, 0) is 67.5 Å². The lowest BCUT2D eigenvalue weighted by Gasteiger charge is -2.37. The number of amides is 1. The van der Waals surface area contributed by atoms with Crippen LogP contribution in [0.15, 0.2) is 53.7 Å². The Morgan fingerprint density at radius 1 is 1.30 bits per heavy atom. The standard InChI is InChI=1S/C28H37N3O5S/c1-20-17-31(21(2)19-32)37(34,35)27-12-11-24(23-9-5-4-6-10-23)15-25(27)36-26(20)18-30(3)28(33)14-22-8-7-13-29-16-22/h7-9,11-13,15-16,20-21,26,32H,4-6,10,14,17-19H2,1-3H3/t20-,21-,26-/m1/s1. The predicted octanol–water partition coefficient (Wildman–Crippen LogP) is 3.51. The van der Waals surface area contributed by atoms with Crippen LogP contribution in [-0.4, -0.2) is 72.5 Å². The van der Waals surface area contributed by atoms with Crippen molar-refractivity contribution in [3.8, 4) is 5.75 Å². The van der Waals surface area contributed by atoms with Crippen LogP contribution >= 0.6 is 0 Å². The van der Waals surface area contributed by atoms with E-state index in [9.17, 15) is 18.3 Å². The van der Waals surface area contributed by atoms with Gasteiger partial charge in [-0.2, -0.15) is 4.31 Å². The highest BCUT2D eigenvalue weighted by atomic mass is 32.2. The summed E-state index contributed by atoms with van der Waals surface area (Å²) in [7, 11) is -2.16. The summed E-state index contributed by atoms with van der Waals surface area (Å²) >= 11 is 0. The number of hydrogen-bond donors (Lipinski definition) is 1. The van der Waals surface area contributed by atoms with E-state index in [-0.39, 0.29) is 36.3 Å². The van der Waals surface area contributed by atoms with Gasteiger partial charge >= 0.3 is 0 Å². The van der Waals surface area contributed by atoms with Crippen LogP contribution in [0.5, 0.6) is 5.75 Å². The summed E-state index contributed by atoms with van der Waals surface area (Å²) in [6.45, 7) is 3.81. The maximum absolute atomic E-state index is 13.7. The molecule has 0 fully saturated rings. The average molecular weight is 528 g/mol. The Labute approximate surface area is 220 Å². The van der Waals surface area contributed by atoms with Gasteiger partial charge in [0, 0.05) is 37.9 Å². The third-order valence-electron chi connectivity index (χ3n) is 7.29. The summed E-state index contributed by atoms with van der Waals surface area (Å²) in [6.07, 6.45) is 9.57. The summed E-state index contributed by atoms with van der Waals surface area (Å²) in [5.74, 6) is -0.00714. The average Bonchev–Trinajstić information content (AvgIpc) is 2.91. The third kappa shape index (κ3) is 6.22. The van der Waals surface area contributed by atoms with Crippen LogP contribution in [0.4, 0.5) is 0 Å². The second kappa shape index (κ2) is 11.8. The van der Waals surface area contributed by atoms with Crippen LogP contribution in [0, 0.1) is 5.92 Å². The number of carbonyl (C=O) groups is 1. The largest absolute Gasteiger partial charge is 0.487 e. The molecule has 2 heterocycles. The Bertz CT molecular complexity index is 1230. The number of aliphatic hydroxyl groups excluding tert-OH is 1. The molecule has 1 aromatic heterocycles. The number of fused-ring (bicyclic) bond motifs is 1. The molecule has 0 saturated carbocycles. The van der Waals surface area contributed by atoms with E-state index >= 15 is 0 Å². The molecule has 8 nitrogen and oxygen atoms in total. The van der Waals surface area contributed by atoms with Crippen molar-refractivity contribution in [1.82, 2.24) is 14.2 Å². The maximum Gasteiger partial charge on any atom is 0.247 e. The minimum absolute atomic E-state index is 0.0691. The van der Waals surface area contributed by atoms with Gasteiger partial charge in [-0.3, -0.25) is 9.78 Å². The number of carbonyl (C=O) groups excluding carboxylic acids is 1. The zero-order chi connectivity index (χ0) is 26.6. The number of aliphatic hydroxyl groups is 1. The van der Waals surface area contributed by atoms with Crippen LogP contribution in [0.3, 0.4) is 0 Å². The lowest BCUT2D eigenvalue weighted by atomic mass is 9.93. The lowest BCUT2D eigenvalue weighted by molar-refractivity contribution is -0.130.